The molecule has 0 aromatic heterocycles. The third-order valence-electron chi connectivity index (χ3n) is 4.31. The molecule has 0 bridgehead atoms. The zero-order chi connectivity index (χ0) is 20.6. The van der Waals surface area contributed by atoms with Crippen molar-refractivity contribution in [3.63, 3.8) is 0 Å². The van der Waals surface area contributed by atoms with E-state index in [9.17, 15) is 14.7 Å². The van der Waals surface area contributed by atoms with E-state index in [4.69, 9.17) is 4.74 Å². The van der Waals surface area contributed by atoms with E-state index in [1.54, 1.807) is 0 Å². The van der Waals surface area contributed by atoms with Crippen molar-refractivity contribution in [2.24, 2.45) is 0 Å². The summed E-state index contributed by atoms with van der Waals surface area (Å²) < 4.78 is 5.19. The van der Waals surface area contributed by atoms with Gasteiger partial charge in [0.1, 0.15) is 0 Å². The number of benzene rings is 1. The molecule has 156 valence electrons. The molecule has 0 unspecified atom stereocenters. The number of amides is 1. The van der Waals surface area contributed by atoms with Crippen molar-refractivity contribution in [1.29, 1.82) is 0 Å². The van der Waals surface area contributed by atoms with Gasteiger partial charge in [0.15, 0.2) is 0 Å². The molecule has 0 aliphatic rings. The Kier molecular flexibility index (Phi) is 12.9. The monoisotopic (exact) mass is 407 g/mol. The average Bonchev–Trinajstić information content (AvgIpc) is 2.69. The van der Waals surface area contributed by atoms with Crippen molar-refractivity contribution in [2.45, 2.75) is 65.2 Å². The number of hydrogen-bond donors (Lipinski definition) is 2. The number of ether oxygens (including phenoxy) is 1. The van der Waals surface area contributed by atoms with E-state index in [1.807, 2.05) is 18.2 Å². The molecule has 0 saturated heterocycles. The number of unbranched alkanes of at least 4 members (excludes halogenated alkanes) is 5. The number of carboxylic acid groups (broad SMARTS) is 1. The Morgan fingerprint density at radius 1 is 1.04 bits per heavy atom. The topological polar surface area (TPSA) is 75.6 Å². The number of rotatable bonds is 14. The summed E-state index contributed by atoms with van der Waals surface area (Å²) in [7, 11) is 0. The molecule has 0 fully saturated rings. The van der Waals surface area contributed by atoms with Crippen LogP contribution in [0.1, 0.15) is 64.4 Å². The lowest BCUT2D eigenvalue weighted by molar-refractivity contribution is -0.132. The van der Waals surface area contributed by atoms with Gasteiger partial charge in [0.25, 0.3) is 0 Å². The summed E-state index contributed by atoms with van der Waals surface area (Å²) in [5, 5.41) is 12.2. The lowest BCUT2D eigenvalue weighted by Gasteiger charge is -2.12. The molecule has 1 aromatic carbocycles. The maximum atomic E-state index is 12.0. The molecule has 0 aliphatic carbocycles. The highest BCUT2D eigenvalue weighted by atomic mass is 32.2. The van der Waals surface area contributed by atoms with Crippen LogP contribution in [0.15, 0.2) is 40.9 Å². The maximum Gasteiger partial charge on any atom is 0.412 e. The van der Waals surface area contributed by atoms with Crippen molar-refractivity contribution in [2.75, 3.05) is 12.4 Å². The maximum absolute atomic E-state index is 12.0. The number of carbonyl (C=O) groups excluding carboxylic acids is 1. The lowest BCUT2D eigenvalue weighted by Crippen LogP contribution is -2.25. The summed E-state index contributed by atoms with van der Waals surface area (Å²) in [6, 6.07) is 10.1. The Hall–Kier alpha value is -1.95. The minimum Gasteiger partial charge on any atom is -0.478 e. The number of thioether (sulfide) groups is 1. The number of nitrogens with one attached hydrogen (secondary N) is 1. The fourth-order valence-electron chi connectivity index (χ4n) is 2.61. The summed E-state index contributed by atoms with van der Waals surface area (Å²) in [5.74, 6) is -0.325. The fraction of sp³-hybridized carbons (Fsp3) is 0.545. The van der Waals surface area contributed by atoms with E-state index < -0.39 is 12.1 Å². The highest BCUT2D eigenvalue weighted by molar-refractivity contribution is 8.03. The predicted octanol–water partition coefficient (Wildman–Crippen LogP) is 5.76. The van der Waals surface area contributed by atoms with Crippen molar-refractivity contribution >= 4 is 23.8 Å². The standard InChI is InChI=1S/C22H33NO4S/c1-3-4-5-6-7-11-16-27-22(26)23-20(18(2)21(24)25)28-17-12-15-19-13-9-8-10-14-19/h8-10,13-14H,3-7,11-12,15-17H2,1-2H3,(H,23,26)(H,24,25)/b20-18+. The molecule has 0 heterocycles. The lowest BCUT2D eigenvalue weighted by atomic mass is 10.1. The molecular weight excluding hydrogens is 374 g/mol. The Bertz CT molecular complexity index is 616. The van der Waals surface area contributed by atoms with Crippen molar-refractivity contribution in [1.82, 2.24) is 5.32 Å². The number of alkyl carbamates (subject to hydrolysis) is 1. The Labute approximate surface area is 172 Å². The molecule has 0 saturated carbocycles. The quantitative estimate of drug-likeness (QED) is 0.303. The Morgan fingerprint density at radius 3 is 2.39 bits per heavy atom. The van der Waals surface area contributed by atoms with Gasteiger partial charge in [0, 0.05) is 0 Å². The second-order valence-electron chi connectivity index (χ2n) is 6.73. The summed E-state index contributed by atoms with van der Waals surface area (Å²) in [4.78, 5) is 23.3. The van der Waals surface area contributed by atoms with Gasteiger partial charge in [-0.1, -0.05) is 69.4 Å². The van der Waals surface area contributed by atoms with E-state index in [-0.39, 0.29) is 5.57 Å². The number of carbonyl (C=O) groups is 2. The number of aliphatic carboxylic acids is 1. The third kappa shape index (κ3) is 11.0. The minimum atomic E-state index is -1.04. The molecule has 0 atom stereocenters. The zero-order valence-electron chi connectivity index (χ0n) is 17.0. The average molecular weight is 408 g/mol. The first kappa shape index (κ1) is 24.1. The largest absolute Gasteiger partial charge is 0.478 e. The van der Waals surface area contributed by atoms with Gasteiger partial charge in [-0.05, 0) is 37.5 Å². The molecule has 6 heteroatoms. The molecule has 28 heavy (non-hydrogen) atoms. The SMILES string of the molecule is CCCCCCCCOC(=O)N/C(SCCCc1ccccc1)=C(/C)C(=O)O. The van der Waals surface area contributed by atoms with E-state index in [1.165, 1.54) is 43.5 Å². The van der Waals surface area contributed by atoms with Crippen LogP contribution in [0.25, 0.3) is 0 Å². The van der Waals surface area contributed by atoms with E-state index in [0.717, 1.165) is 32.1 Å². The van der Waals surface area contributed by atoms with Gasteiger partial charge < -0.3 is 9.84 Å². The molecule has 0 aliphatic heterocycles. The normalized spacial score (nSPS) is 11.6. The Morgan fingerprint density at radius 2 is 1.71 bits per heavy atom. The molecule has 2 N–H and O–H groups in total. The van der Waals surface area contributed by atoms with Crippen LogP contribution >= 0.6 is 11.8 Å². The first-order valence-electron chi connectivity index (χ1n) is 10.1. The fourth-order valence-corrected chi connectivity index (χ4v) is 3.56. The van der Waals surface area contributed by atoms with Crippen LogP contribution in [0.5, 0.6) is 0 Å². The Balaban J connectivity index is 2.36. The van der Waals surface area contributed by atoms with Crippen LogP contribution in [0.2, 0.25) is 0 Å². The molecule has 1 amide bonds. The minimum absolute atomic E-state index is 0.126. The van der Waals surface area contributed by atoms with Gasteiger partial charge in [-0.3, -0.25) is 5.32 Å². The number of carboxylic acids is 1. The highest BCUT2D eigenvalue weighted by Gasteiger charge is 2.14. The van der Waals surface area contributed by atoms with E-state index in [2.05, 4.69) is 24.4 Å². The zero-order valence-corrected chi connectivity index (χ0v) is 17.9. The van der Waals surface area contributed by atoms with Crippen LogP contribution in [-0.4, -0.2) is 29.5 Å². The summed E-state index contributed by atoms with van der Waals surface area (Å²) in [6.07, 6.45) is 7.91. The highest BCUT2D eigenvalue weighted by Crippen LogP contribution is 2.20. The van der Waals surface area contributed by atoms with Crippen LogP contribution < -0.4 is 5.32 Å². The van der Waals surface area contributed by atoms with Crippen LogP contribution in [0.4, 0.5) is 4.79 Å². The molecule has 0 spiro atoms. The van der Waals surface area contributed by atoms with E-state index >= 15 is 0 Å². The molecular formula is C22H33NO4S. The second-order valence-corrected chi connectivity index (χ2v) is 7.83. The van der Waals surface area contributed by atoms with Gasteiger partial charge in [-0.15, -0.1) is 11.8 Å². The molecule has 5 nitrogen and oxygen atoms in total. The second kappa shape index (κ2) is 15.0. The smallest absolute Gasteiger partial charge is 0.412 e. The molecule has 1 rings (SSSR count). The third-order valence-corrected chi connectivity index (χ3v) is 5.50. The van der Waals surface area contributed by atoms with Crippen molar-refractivity contribution in [3.05, 3.63) is 46.5 Å². The summed E-state index contributed by atoms with van der Waals surface area (Å²) >= 11 is 1.35. The van der Waals surface area contributed by atoms with Gasteiger partial charge in [0.05, 0.1) is 17.2 Å². The number of hydrogen-bond acceptors (Lipinski definition) is 4. The van der Waals surface area contributed by atoms with Gasteiger partial charge in [-0.25, -0.2) is 9.59 Å². The van der Waals surface area contributed by atoms with Gasteiger partial charge in [0.2, 0.25) is 0 Å². The van der Waals surface area contributed by atoms with Crippen molar-refractivity contribution < 1.29 is 19.4 Å². The predicted molar refractivity (Wildman–Crippen MR) is 115 cm³/mol. The first-order valence-corrected chi connectivity index (χ1v) is 11.1. The molecule has 1 aromatic rings. The van der Waals surface area contributed by atoms with E-state index in [0.29, 0.717) is 17.4 Å². The molecule has 0 radical (unpaired) electrons. The van der Waals surface area contributed by atoms with Gasteiger partial charge in [-0.2, -0.15) is 0 Å². The van der Waals surface area contributed by atoms with Crippen molar-refractivity contribution in [3.8, 4) is 0 Å². The van der Waals surface area contributed by atoms with Crippen LogP contribution in [0.3, 0.4) is 0 Å². The first-order chi connectivity index (χ1) is 13.5. The van der Waals surface area contributed by atoms with Crippen LogP contribution in [0, 0.1) is 0 Å². The number of aryl methyl sites for hydroxylation is 1. The van der Waals surface area contributed by atoms with Crippen LogP contribution in [-0.2, 0) is 16.0 Å². The van der Waals surface area contributed by atoms with Gasteiger partial charge >= 0.3 is 12.1 Å². The summed E-state index contributed by atoms with van der Waals surface area (Å²) in [5.41, 5.74) is 1.37. The summed E-state index contributed by atoms with van der Waals surface area (Å²) in [6.45, 7) is 4.03.